The lowest BCUT2D eigenvalue weighted by Crippen LogP contribution is -2.45. The number of para-hydroxylation sites is 2. The Balaban J connectivity index is 1.13. The Morgan fingerprint density at radius 1 is 0.844 bits per heavy atom. The Bertz CT molecular complexity index is 1050. The Labute approximate surface area is 188 Å². The van der Waals surface area contributed by atoms with Gasteiger partial charge in [0.2, 0.25) is 6.10 Å². The van der Waals surface area contributed by atoms with Crippen LogP contribution in [-0.4, -0.2) is 49.7 Å². The van der Waals surface area contributed by atoms with Crippen molar-refractivity contribution >= 4 is 17.3 Å². The standard InChI is InChI=1S/C26H27N3O3/c30-26(25-19-31-23-8-4-5-9-24(23)32-25)27-21-10-12-22(13-11-21)29-16-14-28(15-17-29)18-20-6-2-1-3-7-20/h1-13,25H,14-19H2,(H,27,30)/t25-/m1/s1. The molecule has 6 heteroatoms. The van der Waals surface area contributed by atoms with Crippen molar-refractivity contribution in [3.63, 3.8) is 0 Å². The summed E-state index contributed by atoms with van der Waals surface area (Å²) >= 11 is 0. The van der Waals surface area contributed by atoms with Gasteiger partial charge in [0.05, 0.1) is 0 Å². The fourth-order valence-electron chi connectivity index (χ4n) is 4.13. The van der Waals surface area contributed by atoms with Crippen molar-refractivity contribution < 1.29 is 14.3 Å². The number of rotatable bonds is 5. The van der Waals surface area contributed by atoms with Gasteiger partial charge in [-0.2, -0.15) is 0 Å². The number of hydrogen-bond acceptors (Lipinski definition) is 5. The maximum atomic E-state index is 12.6. The summed E-state index contributed by atoms with van der Waals surface area (Å²) in [7, 11) is 0. The van der Waals surface area contributed by atoms with E-state index in [4.69, 9.17) is 9.47 Å². The smallest absolute Gasteiger partial charge is 0.269 e. The van der Waals surface area contributed by atoms with Gasteiger partial charge in [-0.25, -0.2) is 0 Å². The summed E-state index contributed by atoms with van der Waals surface area (Å²) in [5.74, 6) is 1.06. The highest BCUT2D eigenvalue weighted by molar-refractivity contribution is 5.94. The van der Waals surface area contributed by atoms with Crippen LogP contribution in [0, 0.1) is 0 Å². The number of amides is 1. The highest BCUT2D eigenvalue weighted by atomic mass is 16.6. The first-order chi connectivity index (χ1) is 15.7. The molecule has 0 bridgehead atoms. The van der Waals surface area contributed by atoms with E-state index in [1.165, 1.54) is 11.3 Å². The third kappa shape index (κ3) is 4.70. The van der Waals surface area contributed by atoms with E-state index in [2.05, 4.69) is 57.6 Å². The minimum absolute atomic E-state index is 0.203. The van der Waals surface area contributed by atoms with Crippen molar-refractivity contribution in [3.05, 3.63) is 84.4 Å². The monoisotopic (exact) mass is 429 g/mol. The highest BCUT2D eigenvalue weighted by Crippen LogP contribution is 2.31. The molecular formula is C26H27N3O3. The van der Waals surface area contributed by atoms with Crippen molar-refractivity contribution in [2.24, 2.45) is 0 Å². The van der Waals surface area contributed by atoms with Gasteiger partial charge >= 0.3 is 0 Å². The van der Waals surface area contributed by atoms with E-state index in [1.54, 1.807) is 0 Å². The quantitative estimate of drug-likeness (QED) is 0.669. The van der Waals surface area contributed by atoms with Crippen LogP contribution in [0.3, 0.4) is 0 Å². The Morgan fingerprint density at radius 2 is 1.53 bits per heavy atom. The maximum absolute atomic E-state index is 12.6. The van der Waals surface area contributed by atoms with E-state index in [1.807, 2.05) is 36.4 Å². The third-order valence-corrected chi connectivity index (χ3v) is 5.92. The maximum Gasteiger partial charge on any atom is 0.269 e. The SMILES string of the molecule is O=C(Nc1ccc(N2CCN(Cc3ccccc3)CC2)cc1)[C@H]1COc2ccccc2O1. The lowest BCUT2D eigenvalue weighted by atomic mass is 10.2. The second-order valence-electron chi connectivity index (χ2n) is 8.15. The first-order valence-electron chi connectivity index (χ1n) is 11.1. The summed E-state index contributed by atoms with van der Waals surface area (Å²) in [5.41, 5.74) is 3.29. The molecule has 0 aromatic heterocycles. The molecule has 0 spiro atoms. The van der Waals surface area contributed by atoms with E-state index in [-0.39, 0.29) is 12.5 Å². The summed E-state index contributed by atoms with van der Waals surface area (Å²) in [6.45, 7) is 5.25. The lowest BCUT2D eigenvalue weighted by molar-refractivity contribution is -0.125. The molecule has 1 fully saturated rings. The molecule has 5 rings (SSSR count). The first-order valence-corrected chi connectivity index (χ1v) is 11.1. The number of hydrogen-bond donors (Lipinski definition) is 1. The topological polar surface area (TPSA) is 54.0 Å². The molecule has 1 amide bonds. The highest BCUT2D eigenvalue weighted by Gasteiger charge is 2.27. The van der Waals surface area contributed by atoms with Crippen LogP contribution in [0.1, 0.15) is 5.56 Å². The summed E-state index contributed by atoms with van der Waals surface area (Å²) in [4.78, 5) is 17.5. The molecule has 3 aromatic rings. The number of anilines is 2. The number of piperazine rings is 1. The summed E-state index contributed by atoms with van der Waals surface area (Å²) in [6, 6.07) is 26.0. The van der Waals surface area contributed by atoms with E-state index in [9.17, 15) is 4.79 Å². The minimum atomic E-state index is -0.665. The fraction of sp³-hybridized carbons (Fsp3) is 0.269. The predicted molar refractivity (Wildman–Crippen MR) is 125 cm³/mol. The molecular weight excluding hydrogens is 402 g/mol. The number of nitrogens with zero attached hydrogens (tertiary/aromatic N) is 2. The summed E-state index contributed by atoms with van der Waals surface area (Å²) in [6.07, 6.45) is -0.665. The van der Waals surface area contributed by atoms with E-state index < -0.39 is 6.10 Å². The van der Waals surface area contributed by atoms with E-state index >= 15 is 0 Å². The molecule has 1 atom stereocenters. The molecule has 2 heterocycles. The van der Waals surface area contributed by atoms with Crippen LogP contribution in [0.25, 0.3) is 0 Å². The van der Waals surface area contributed by atoms with Gasteiger partial charge in [0.15, 0.2) is 11.5 Å². The van der Waals surface area contributed by atoms with Gasteiger partial charge in [0.1, 0.15) is 6.61 Å². The second-order valence-corrected chi connectivity index (χ2v) is 8.15. The van der Waals surface area contributed by atoms with Gasteiger partial charge in [-0.05, 0) is 42.0 Å². The number of carbonyl (C=O) groups is 1. The van der Waals surface area contributed by atoms with Gasteiger partial charge in [-0.3, -0.25) is 9.69 Å². The van der Waals surface area contributed by atoms with Crippen molar-refractivity contribution in [2.75, 3.05) is 43.0 Å². The molecule has 3 aromatic carbocycles. The van der Waals surface area contributed by atoms with Gasteiger partial charge in [0.25, 0.3) is 5.91 Å². The number of ether oxygens (including phenoxy) is 2. The molecule has 164 valence electrons. The average molecular weight is 430 g/mol. The molecule has 0 radical (unpaired) electrons. The van der Waals surface area contributed by atoms with Crippen LogP contribution in [0.15, 0.2) is 78.9 Å². The fourth-order valence-corrected chi connectivity index (χ4v) is 4.13. The number of benzene rings is 3. The molecule has 2 aliphatic heterocycles. The zero-order chi connectivity index (χ0) is 21.8. The second kappa shape index (κ2) is 9.32. The molecule has 32 heavy (non-hydrogen) atoms. The molecule has 6 nitrogen and oxygen atoms in total. The lowest BCUT2D eigenvalue weighted by Gasteiger charge is -2.36. The molecule has 0 aliphatic carbocycles. The minimum Gasteiger partial charge on any atom is -0.485 e. The van der Waals surface area contributed by atoms with Crippen LogP contribution < -0.4 is 19.7 Å². The average Bonchev–Trinajstić information content (AvgIpc) is 2.85. The summed E-state index contributed by atoms with van der Waals surface area (Å²) in [5, 5.41) is 2.94. The predicted octanol–water partition coefficient (Wildman–Crippen LogP) is 3.79. The van der Waals surface area contributed by atoms with Crippen LogP contribution in [-0.2, 0) is 11.3 Å². The number of carbonyl (C=O) groups excluding carboxylic acids is 1. The zero-order valence-electron chi connectivity index (χ0n) is 17.9. The summed E-state index contributed by atoms with van der Waals surface area (Å²) < 4.78 is 11.4. The Kier molecular flexibility index (Phi) is 5.94. The van der Waals surface area contributed by atoms with E-state index in [0.717, 1.165) is 38.4 Å². The number of fused-ring (bicyclic) bond motifs is 1. The Morgan fingerprint density at radius 3 is 2.28 bits per heavy atom. The normalized spacial score (nSPS) is 18.2. The molecule has 1 saturated heterocycles. The van der Waals surface area contributed by atoms with Crippen molar-refractivity contribution in [1.82, 2.24) is 4.90 Å². The van der Waals surface area contributed by atoms with Gasteiger partial charge in [0, 0.05) is 44.1 Å². The van der Waals surface area contributed by atoms with Gasteiger partial charge in [-0.1, -0.05) is 42.5 Å². The van der Waals surface area contributed by atoms with Crippen LogP contribution in [0.5, 0.6) is 11.5 Å². The van der Waals surface area contributed by atoms with Gasteiger partial charge in [-0.15, -0.1) is 0 Å². The molecule has 0 saturated carbocycles. The zero-order valence-corrected chi connectivity index (χ0v) is 17.9. The van der Waals surface area contributed by atoms with Crippen LogP contribution in [0.4, 0.5) is 11.4 Å². The van der Waals surface area contributed by atoms with Crippen LogP contribution >= 0.6 is 0 Å². The van der Waals surface area contributed by atoms with Crippen molar-refractivity contribution in [2.45, 2.75) is 12.6 Å². The molecule has 0 unspecified atom stereocenters. The largest absolute Gasteiger partial charge is 0.485 e. The molecule has 1 N–H and O–H groups in total. The third-order valence-electron chi connectivity index (χ3n) is 5.92. The van der Waals surface area contributed by atoms with E-state index in [0.29, 0.717) is 11.5 Å². The number of nitrogens with one attached hydrogen (secondary N) is 1. The Hall–Kier alpha value is -3.51. The van der Waals surface area contributed by atoms with Crippen molar-refractivity contribution in [3.8, 4) is 11.5 Å². The van der Waals surface area contributed by atoms with Gasteiger partial charge < -0.3 is 19.7 Å². The first kappa shape index (κ1) is 20.4. The van der Waals surface area contributed by atoms with Crippen LogP contribution in [0.2, 0.25) is 0 Å². The molecule has 2 aliphatic rings. The van der Waals surface area contributed by atoms with Crippen molar-refractivity contribution in [1.29, 1.82) is 0 Å².